The van der Waals surface area contributed by atoms with Crippen molar-refractivity contribution >= 4 is 35.8 Å². The molecule has 1 N–H and O–H groups in total. The van der Waals surface area contributed by atoms with Crippen molar-refractivity contribution in [1.29, 1.82) is 0 Å². The second-order valence-corrected chi connectivity index (χ2v) is 5.67. The first-order valence-corrected chi connectivity index (χ1v) is 8.09. The van der Waals surface area contributed by atoms with E-state index in [2.05, 4.69) is 33.7 Å². The van der Waals surface area contributed by atoms with Crippen LogP contribution < -0.4 is 5.32 Å². The van der Waals surface area contributed by atoms with Crippen LogP contribution in [0.1, 0.15) is 19.8 Å². The SMILES string of the molecule is C=CCCCN(C)C(=NC)NCCN1CCN(C(C)=O)CC1.I. The van der Waals surface area contributed by atoms with Gasteiger partial charge in [0.05, 0.1) is 0 Å². The van der Waals surface area contributed by atoms with E-state index in [1.807, 2.05) is 18.0 Å². The summed E-state index contributed by atoms with van der Waals surface area (Å²) < 4.78 is 0. The normalized spacial score (nSPS) is 15.8. The maximum Gasteiger partial charge on any atom is 0.219 e. The molecular weight excluding hydrogens is 405 g/mol. The number of piperazine rings is 1. The van der Waals surface area contributed by atoms with Crippen molar-refractivity contribution in [2.75, 3.05) is 59.9 Å². The van der Waals surface area contributed by atoms with Crippen LogP contribution in [0.25, 0.3) is 0 Å². The second-order valence-electron chi connectivity index (χ2n) is 5.67. The first-order chi connectivity index (χ1) is 10.6. The van der Waals surface area contributed by atoms with Gasteiger partial charge in [0.25, 0.3) is 0 Å². The third-order valence-electron chi connectivity index (χ3n) is 4.00. The van der Waals surface area contributed by atoms with Crippen molar-refractivity contribution in [2.24, 2.45) is 4.99 Å². The minimum absolute atomic E-state index is 0. The third-order valence-corrected chi connectivity index (χ3v) is 4.00. The van der Waals surface area contributed by atoms with Crippen molar-refractivity contribution < 1.29 is 4.79 Å². The Bertz CT molecular complexity index is 381. The summed E-state index contributed by atoms with van der Waals surface area (Å²) in [6, 6.07) is 0. The van der Waals surface area contributed by atoms with E-state index in [0.29, 0.717) is 0 Å². The van der Waals surface area contributed by atoms with Crippen LogP contribution in [0.5, 0.6) is 0 Å². The highest BCUT2D eigenvalue weighted by molar-refractivity contribution is 14.0. The summed E-state index contributed by atoms with van der Waals surface area (Å²) in [5.41, 5.74) is 0. The van der Waals surface area contributed by atoms with E-state index in [-0.39, 0.29) is 29.9 Å². The van der Waals surface area contributed by atoms with Crippen LogP contribution in [0.2, 0.25) is 0 Å². The number of carbonyl (C=O) groups is 1. The van der Waals surface area contributed by atoms with E-state index >= 15 is 0 Å². The zero-order chi connectivity index (χ0) is 16.4. The molecule has 0 aromatic rings. The highest BCUT2D eigenvalue weighted by atomic mass is 127. The predicted molar refractivity (Wildman–Crippen MR) is 108 cm³/mol. The van der Waals surface area contributed by atoms with Crippen LogP contribution in [0, 0.1) is 0 Å². The zero-order valence-corrected chi connectivity index (χ0v) is 17.1. The van der Waals surface area contributed by atoms with Crippen LogP contribution in [0.15, 0.2) is 17.6 Å². The van der Waals surface area contributed by atoms with E-state index in [1.54, 1.807) is 6.92 Å². The average Bonchev–Trinajstić information content (AvgIpc) is 2.52. The number of guanidine groups is 1. The van der Waals surface area contributed by atoms with E-state index in [1.165, 1.54) is 0 Å². The van der Waals surface area contributed by atoms with E-state index in [9.17, 15) is 4.79 Å². The van der Waals surface area contributed by atoms with Gasteiger partial charge in [-0.2, -0.15) is 0 Å². The van der Waals surface area contributed by atoms with E-state index in [0.717, 1.165) is 64.6 Å². The van der Waals surface area contributed by atoms with E-state index < -0.39 is 0 Å². The van der Waals surface area contributed by atoms with Gasteiger partial charge in [-0.15, -0.1) is 30.6 Å². The summed E-state index contributed by atoms with van der Waals surface area (Å²) >= 11 is 0. The standard InChI is InChI=1S/C16H31N5O.HI/c1-5-6-7-9-19(4)16(17-3)18-8-10-20-11-13-21(14-12-20)15(2)22;/h5H,1,6-14H2,2-4H3,(H,17,18);1H. The molecule has 1 saturated heterocycles. The fourth-order valence-electron chi connectivity index (χ4n) is 2.58. The molecule has 1 aliphatic heterocycles. The van der Waals surface area contributed by atoms with Gasteiger partial charge in [0.2, 0.25) is 5.91 Å². The number of allylic oxidation sites excluding steroid dienone is 1. The molecule has 1 aliphatic rings. The Morgan fingerprint density at radius 3 is 2.52 bits per heavy atom. The molecule has 1 amide bonds. The minimum Gasteiger partial charge on any atom is -0.355 e. The van der Waals surface area contributed by atoms with Crippen LogP contribution in [-0.4, -0.2) is 86.5 Å². The van der Waals surface area contributed by atoms with Crippen molar-refractivity contribution in [1.82, 2.24) is 20.0 Å². The van der Waals surface area contributed by atoms with Gasteiger partial charge >= 0.3 is 0 Å². The fraction of sp³-hybridized carbons (Fsp3) is 0.750. The Labute approximate surface area is 158 Å². The summed E-state index contributed by atoms with van der Waals surface area (Å²) in [6.07, 6.45) is 4.07. The average molecular weight is 437 g/mol. The highest BCUT2D eigenvalue weighted by Gasteiger charge is 2.18. The first-order valence-electron chi connectivity index (χ1n) is 8.09. The summed E-state index contributed by atoms with van der Waals surface area (Å²) in [4.78, 5) is 22.1. The van der Waals surface area contributed by atoms with Crippen LogP contribution in [0.3, 0.4) is 0 Å². The Balaban J connectivity index is 0.00000484. The molecule has 0 saturated carbocycles. The lowest BCUT2D eigenvalue weighted by Gasteiger charge is -2.34. The van der Waals surface area contributed by atoms with Gasteiger partial charge in [0.1, 0.15) is 0 Å². The molecule has 7 heteroatoms. The Morgan fingerprint density at radius 1 is 1.35 bits per heavy atom. The number of amides is 1. The lowest BCUT2D eigenvalue weighted by atomic mass is 10.3. The van der Waals surface area contributed by atoms with Gasteiger partial charge in [0, 0.05) is 66.8 Å². The highest BCUT2D eigenvalue weighted by Crippen LogP contribution is 2.01. The molecule has 0 atom stereocenters. The molecule has 0 bridgehead atoms. The van der Waals surface area contributed by atoms with Gasteiger partial charge in [-0.1, -0.05) is 6.08 Å². The van der Waals surface area contributed by atoms with Crippen LogP contribution in [-0.2, 0) is 4.79 Å². The molecule has 1 heterocycles. The maximum absolute atomic E-state index is 11.3. The molecule has 1 rings (SSSR count). The molecule has 134 valence electrons. The molecule has 0 unspecified atom stereocenters. The minimum atomic E-state index is 0. The summed E-state index contributed by atoms with van der Waals surface area (Å²) in [7, 11) is 3.88. The smallest absolute Gasteiger partial charge is 0.219 e. The van der Waals surface area contributed by atoms with E-state index in [4.69, 9.17) is 0 Å². The molecule has 1 fully saturated rings. The monoisotopic (exact) mass is 437 g/mol. The maximum atomic E-state index is 11.3. The van der Waals surface area contributed by atoms with Crippen molar-refractivity contribution in [3.05, 3.63) is 12.7 Å². The summed E-state index contributed by atoms with van der Waals surface area (Å²) in [5, 5.41) is 3.41. The largest absolute Gasteiger partial charge is 0.355 e. The topological polar surface area (TPSA) is 51.2 Å². The number of hydrogen-bond acceptors (Lipinski definition) is 3. The Hall–Kier alpha value is -0.830. The summed E-state index contributed by atoms with van der Waals surface area (Å²) in [6.45, 7) is 11.8. The number of rotatable bonds is 7. The molecule has 0 radical (unpaired) electrons. The van der Waals surface area contributed by atoms with Crippen molar-refractivity contribution in [3.63, 3.8) is 0 Å². The van der Waals surface area contributed by atoms with Crippen molar-refractivity contribution in [2.45, 2.75) is 19.8 Å². The van der Waals surface area contributed by atoms with Gasteiger partial charge in [0.15, 0.2) is 5.96 Å². The molecule has 23 heavy (non-hydrogen) atoms. The zero-order valence-electron chi connectivity index (χ0n) is 14.8. The molecule has 0 aromatic carbocycles. The summed E-state index contributed by atoms with van der Waals surface area (Å²) in [5.74, 6) is 1.12. The van der Waals surface area contributed by atoms with Gasteiger partial charge in [-0.25, -0.2) is 0 Å². The first kappa shape index (κ1) is 22.2. The van der Waals surface area contributed by atoms with Crippen LogP contribution >= 0.6 is 24.0 Å². The Morgan fingerprint density at radius 2 is 2.00 bits per heavy atom. The second kappa shape index (κ2) is 12.6. The number of aliphatic imine (C=N–C) groups is 1. The van der Waals surface area contributed by atoms with Crippen LogP contribution in [0.4, 0.5) is 0 Å². The molecule has 6 nitrogen and oxygen atoms in total. The van der Waals surface area contributed by atoms with Gasteiger partial charge in [-0.05, 0) is 12.8 Å². The molecule has 0 aliphatic carbocycles. The number of nitrogens with one attached hydrogen (secondary N) is 1. The third kappa shape index (κ3) is 8.55. The fourth-order valence-corrected chi connectivity index (χ4v) is 2.58. The van der Waals surface area contributed by atoms with Gasteiger partial charge < -0.3 is 15.1 Å². The quantitative estimate of drug-likeness (QED) is 0.214. The van der Waals surface area contributed by atoms with Gasteiger partial charge in [-0.3, -0.25) is 14.7 Å². The number of halogens is 1. The molecule has 0 aromatic heterocycles. The number of unbranched alkanes of at least 4 members (excludes halogenated alkanes) is 1. The number of carbonyl (C=O) groups excluding carboxylic acids is 1. The lowest BCUT2D eigenvalue weighted by molar-refractivity contribution is -0.130. The number of nitrogens with zero attached hydrogens (tertiary/aromatic N) is 4. The number of hydrogen-bond donors (Lipinski definition) is 1. The molecule has 0 spiro atoms. The lowest BCUT2D eigenvalue weighted by Crippen LogP contribution is -2.50. The van der Waals surface area contributed by atoms with Crippen molar-refractivity contribution in [3.8, 4) is 0 Å². The molecular formula is C16H32IN5O. The Kier molecular flexibility index (Phi) is 12.1. The predicted octanol–water partition coefficient (Wildman–Crippen LogP) is 1.24.